The zero-order valence-corrected chi connectivity index (χ0v) is 11.7. The van der Waals surface area contributed by atoms with Gasteiger partial charge in [0, 0.05) is 5.57 Å². The molecule has 1 rings (SSSR count). The van der Waals surface area contributed by atoms with E-state index in [0.29, 0.717) is 0 Å². The van der Waals surface area contributed by atoms with Gasteiger partial charge >= 0.3 is 0 Å². The zero-order valence-electron chi connectivity index (χ0n) is 11.7. The lowest BCUT2D eigenvalue weighted by atomic mass is 9.79. The summed E-state index contributed by atoms with van der Waals surface area (Å²) in [6.45, 7) is 10.6. The van der Waals surface area contributed by atoms with Crippen LogP contribution in [-0.4, -0.2) is 0 Å². The molecule has 1 aliphatic carbocycles. The largest absolute Gasteiger partial charge is 0.121 e. The Morgan fingerprint density at radius 1 is 1.35 bits per heavy atom. The van der Waals surface area contributed by atoms with Crippen LogP contribution in [0.4, 0.5) is 0 Å². The fraction of sp³-hybridized carbons (Fsp3) is 0.588. The highest BCUT2D eigenvalue weighted by Crippen LogP contribution is 2.35. The molecule has 0 bridgehead atoms. The molecule has 0 heterocycles. The molecule has 0 saturated carbocycles. The van der Waals surface area contributed by atoms with Crippen molar-refractivity contribution in [1.29, 1.82) is 0 Å². The van der Waals surface area contributed by atoms with Crippen LogP contribution in [0.2, 0.25) is 0 Å². The summed E-state index contributed by atoms with van der Waals surface area (Å²) >= 11 is 0. The molecule has 0 aromatic carbocycles. The average Bonchev–Trinajstić information content (AvgIpc) is 2.28. The Kier molecular flexibility index (Phi) is 5.51. The molecule has 0 amide bonds. The highest BCUT2D eigenvalue weighted by molar-refractivity contribution is 5.35. The van der Waals surface area contributed by atoms with E-state index in [9.17, 15) is 0 Å². The quantitative estimate of drug-likeness (QED) is 0.336. The van der Waals surface area contributed by atoms with Gasteiger partial charge in [0.1, 0.15) is 0 Å². The van der Waals surface area contributed by atoms with Crippen molar-refractivity contribution < 1.29 is 0 Å². The van der Waals surface area contributed by atoms with Crippen LogP contribution >= 0.6 is 0 Å². The first-order chi connectivity index (χ1) is 8.05. The number of unbranched alkanes of at least 4 members (excludes halogenated alkanes) is 1. The summed E-state index contributed by atoms with van der Waals surface area (Å²) in [7, 11) is 0. The number of allylic oxidation sites excluding steroid dienone is 4. The summed E-state index contributed by atoms with van der Waals surface area (Å²) in [5, 5.41) is 0. The molecule has 0 aromatic heterocycles. The van der Waals surface area contributed by atoms with Crippen LogP contribution in [0.5, 0.6) is 0 Å². The second-order valence-electron chi connectivity index (χ2n) is 5.81. The Labute approximate surface area is 107 Å². The predicted octanol–water partition coefficient (Wildman–Crippen LogP) is 5.58. The fourth-order valence-corrected chi connectivity index (χ4v) is 2.23. The van der Waals surface area contributed by atoms with Crippen LogP contribution in [0.15, 0.2) is 41.7 Å². The molecule has 0 heteroatoms. The molecule has 0 radical (unpaired) electrons. The van der Waals surface area contributed by atoms with E-state index in [1.54, 1.807) is 0 Å². The second-order valence-corrected chi connectivity index (χ2v) is 5.81. The van der Waals surface area contributed by atoms with Crippen LogP contribution in [0, 0.1) is 5.41 Å². The van der Waals surface area contributed by atoms with E-state index in [1.807, 2.05) is 6.08 Å². The molecular weight excluding hydrogens is 204 g/mol. The van der Waals surface area contributed by atoms with Crippen LogP contribution in [0.25, 0.3) is 0 Å². The maximum Gasteiger partial charge on any atom is 0.00187 e. The number of rotatable bonds is 4. The van der Waals surface area contributed by atoms with E-state index >= 15 is 0 Å². The second kappa shape index (κ2) is 6.67. The van der Waals surface area contributed by atoms with Crippen LogP contribution in [0.1, 0.15) is 59.3 Å². The molecule has 0 aliphatic heterocycles. The van der Waals surface area contributed by atoms with Gasteiger partial charge in [-0.1, -0.05) is 32.9 Å². The van der Waals surface area contributed by atoms with E-state index in [0.717, 1.165) is 12.8 Å². The molecule has 0 N–H and O–H groups in total. The van der Waals surface area contributed by atoms with Gasteiger partial charge in [0.05, 0.1) is 0 Å². The van der Waals surface area contributed by atoms with Gasteiger partial charge in [0.2, 0.25) is 0 Å². The molecule has 0 nitrogen and oxygen atoms in total. The molecule has 0 aromatic rings. The first-order valence-electron chi connectivity index (χ1n) is 6.81. The Morgan fingerprint density at radius 2 is 2.12 bits per heavy atom. The van der Waals surface area contributed by atoms with Gasteiger partial charge in [0.15, 0.2) is 0 Å². The molecule has 0 atom stereocenters. The molecular formula is C17H26. The molecule has 0 unspecified atom stereocenters. The zero-order chi connectivity index (χ0) is 12.7. The summed E-state index contributed by atoms with van der Waals surface area (Å²) in [4.78, 5) is 0. The summed E-state index contributed by atoms with van der Waals surface area (Å²) < 4.78 is 0. The van der Waals surface area contributed by atoms with Crippen LogP contribution in [-0.2, 0) is 0 Å². The first kappa shape index (κ1) is 14.1. The molecule has 1 aliphatic rings. The number of hydrogen-bond acceptors (Lipinski definition) is 0. The smallest absolute Gasteiger partial charge is 0.00187 e. The van der Waals surface area contributed by atoms with Crippen molar-refractivity contribution in [2.45, 2.75) is 59.3 Å². The van der Waals surface area contributed by atoms with Crippen molar-refractivity contribution in [2.24, 2.45) is 5.41 Å². The van der Waals surface area contributed by atoms with Gasteiger partial charge in [-0.25, -0.2) is 0 Å². The Hall–Kier alpha value is -1.00. The van der Waals surface area contributed by atoms with Gasteiger partial charge in [-0.15, -0.1) is 12.3 Å². The molecule has 94 valence electrons. The van der Waals surface area contributed by atoms with E-state index in [4.69, 9.17) is 0 Å². The Morgan fingerprint density at radius 3 is 2.65 bits per heavy atom. The Bertz CT molecular complexity index is 341. The summed E-state index contributed by atoms with van der Waals surface area (Å²) in [5.74, 6) is 0. The highest BCUT2D eigenvalue weighted by Gasteiger charge is 2.21. The van der Waals surface area contributed by atoms with Crippen LogP contribution < -0.4 is 0 Å². The summed E-state index contributed by atoms with van der Waals surface area (Å²) in [6.07, 6.45) is 13.8. The molecule has 0 saturated heterocycles. The van der Waals surface area contributed by atoms with Crippen molar-refractivity contribution in [2.75, 3.05) is 0 Å². The van der Waals surface area contributed by atoms with E-state index in [2.05, 4.69) is 45.2 Å². The lowest BCUT2D eigenvalue weighted by molar-refractivity contribution is 0.501. The third-order valence-electron chi connectivity index (χ3n) is 3.12. The van der Waals surface area contributed by atoms with Crippen molar-refractivity contribution in [3.05, 3.63) is 41.7 Å². The standard InChI is InChI=1S/C17H26/c1-5-6-7-11-14-16(17(2,3)4)15-12-9-8-10-13-15/h5,11-12H,1,6-10,13H2,2-4H3. The third kappa shape index (κ3) is 4.79. The lowest BCUT2D eigenvalue weighted by Crippen LogP contribution is -2.12. The van der Waals surface area contributed by atoms with Gasteiger partial charge in [-0.05, 0) is 55.6 Å². The molecule has 0 fully saturated rings. The van der Waals surface area contributed by atoms with Gasteiger partial charge < -0.3 is 0 Å². The normalized spacial score (nSPS) is 15.8. The monoisotopic (exact) mass is 230 g/mol. The van der Waals surface area contributed by atoms with Gasteiger partial charge in [-0.3, -0.25) is 0 Å². The summed E-state index contributed by atoms with van der Waals surface area (Å²) in [5.41, 5.74) is 6.67. The van der Waals surface area contributed by atoms with Crippen molar-refractivity contribution in [3.8, 4) is 0 Å². The van der Waals surface area contributed by atoms with E-state index in [1.165, 1.54) is 36.8 Å². The molecule has 0 spiro atoms. The number of hydrogen-bond donors (Lipinski definition) is 0. The maximum atomic E-state index is 3.75. The van der Waals surface area contributed by atoms with E-state index < -0.39 is 0 Å². The summed E-state index contributed by atoms with van der Waals surface area (Å²) in [6, 6.07) is 0. The average molecular weight is 230 g/mol. The van der Waals surface area contributed by atoms with Crippen LogP contribution in [0.3, 0.4) is 0 Å². The minimum atomic E-state index is 0.202. The maximum absolute atomic E-state index is 3.75. The fourth-order valence-electron chi connectivity index (χ4n) is 2.23. The van der Waals surface area contributed by atoms with Gasteiger partial charge in [0.25, 0.3) is 0 Å². The minimum Gasteiger partial charge on any atom is -0.121 e. The lowest BCUT2D eigenvalue weighted by Gasteiger charge is -2.25. The minimum absolute atomic E-state index is 0.202. The highest BCUT2D eigenvalue weighted by atomic mass is 14.2. The Balaban J connectivity index is 2.91. The topological polar surface area (TPSA) is 0 Å². The van der Waals surface area contributed by atoms with Crippen molar-refractivity contribution >= 4 is 0 Å². The SMILES string of the molecule is C=CCCC=C=C(C1=CCCCC1)C(C)(C)C. The molecule has 17 heavy (non-hydrogen) atoms. The predicted molar refractivity (Wildman–Crippen MR) is 77.0 cm³/mol. The van der Waals surface area contributed by atoms with Gasteiger partial charge in [-0.2, -0.15) is 0 Å². The van der Waals surface area contributed by atoms with E-state index in [-0.39, 0.29) is 5.41 Å². The van der Waals surface area contributed by atoms with Crippen molar-refractivity contribution in [1.82, 2.24) is 0 Å². The first-order valence-corrected chi connectivity index (χ1v) is 6.81. The third-order valence-corrected chi connectivity index (χ3v) is 3.12. The van der Waals surface area contributed by atoms with Crippen molar-refractivity contribution in [3.63, 3.8) is 0 Å².